The van der Waals surface area contributed by atoms with E-state index in [-0.39, 0.29) is 0 Å². The second-order valence-electron chi connectivity index (χ2n) is 9.82. The van der Waals surface area contributed by atoms with Gasteiger partial charge in [-0.2, -0.15) is 0 Å². The van der Waals surface area contributed by atoms with Crippen molar-refractivity contribution in [1.29, 1.82) is 0 Å². The molecule has 1 spiro atoms. The number of fused-ring (bicyclic) bond motifs is 10. The van der Waals surface area contributed by atoms with Crippen LogP contribution in [-0.4, -0.2) is 4.44 Å². The van der Waals surface area contributed by atoms with Crippen LogP contribution in [0.5, 0.6) is 0 Å². The van der Waals surface area contributed by atoms with E-state index >= 15 is 0 Å². The topological polar surface area (TPSA) is 38.0 Å². The number of nitrogens with one attached hydrogen (secondary N) is 1. The predicted octanol–water partition coefficient (Wildman–Crippen LogP) is 1.75. The molecule has 3 heteroatoms. The van der Waals surface area contributed by atoms with Gasteiger partial charge in [0.2, 0.25) is 0 Å². The SMILES string of the molecule is NN[C]12[CH]3[CH]4[CH]5[CH]1[Fe]45321678[CH]2[CH]1[CH]6[CH]7[CH]28. The van der Waals surface area contributed by atoms with Crippen LogP contribution in [0.15, 0.2) is 0 Å². The van der Waals surface area contributed by atoms with E-state index in [0.717, 1.165) is 4.44 Å². The summed E-state index contributed by atoms with van der Waals surface area (Å²) in [5.41, 5.74) is 3.45. The van der Waals surface area contributed by atoms with E-state index in [1.807, 2.05) is 0 Å². The van der Waals surface area contributed by atoms with Crippen LogP contribution < -0.4 is 11.3 Å². The van der Waals surface area contributed by atoms with Gasteiger partial charge in [0.15, 0.2) is 0 Å². The van der Waals surface area contributed by atoms with Gasteiger partial charge in [-0.1, -0.05) is 0 Å². The van der Waals surface area contributed by atoms with Gasteiger partial charge in [-0.25, -0.2) is 0 Å². The van der Waals surface area contributed by atoms with Crippen LogP contribution in [0.2, 0.25) is 43.3 Å². The Morgan fingerprint density at radius 3 is 1.38 bits per heavy atom. The van der Waals surface area contributed by atoms with Gasteiger partial charge < -0.3 is 0 Å². The molecule has 10 fully saturated rings. The van der Waals surface area contributed by atoms with Gasteiger partial charge in [-0.05, 0) is 0 Å². The quantitative estimate of drug-likeness (QED) is 0.398. The molecule has 13 heavy (non-hydrogen) atoms. The summed E-state index contributed by atoms with van der Waals surface area (Å²) in [4.78, 5) is 12.6. The molecule has 2 nitrogen and oxygen atoms in total. The van der Waals surface area contributed by atoms with E-state index in [0.29, 0.717) is 0 Å². The van der Waals surface area contributed by atoms with Gasteiger partial charge in [0.1, 0.15) is 0 Å². The van der Waals surface area contributed by atoms with E-state index in [1.54, 1.807) is 0 Å². The number of hydrogen-bond acceptors (Lipinski definition) is 2. The third-order valence-corrected chi connectivity index (χ3v) is 57.1. The molecule has 0 aromatic rings. The fraction of sp³-hybridized carbons (Fsp3) is 1.00. The van der Waals surface area contributed by atoms with Crippen molar-refractivity contribution in [2.75, 3.05) is 0 Å². The zero-order chi connectivity index (χ0) is 7.72. The molecule has 10 rings (SSSR count). The Kier molecular flexibility index (Phi) is 0.0820. The van der Waals surface area contributed by atoms with E-state index in [1.165, 1.54) is 43.3 Å². The first-order chi connectivity index (χ1) is 6.11. The fourth-order valence-corrected chi connectivity index (χ4v) is 89.6. The Labute approximate surface area is 65.9 Å². The maximum atomic E-state index is 5.99. The molecule has 10 aliphatic rings. The van der Waals surface area contributed by atoms with Crippen molar-refractivity contribution in [2.24, 2.45) is 5.84 Å². The van der Waals surface area contributed by atoms with E-state index in [4.69, 9.17) is 5.84 Å². The molecule has 70 valence electrons. The van der Waals surface area contributed by atoms with Gasteiger partial charge in [0.25, 0.3) is 0 Å². The van der Waals surface area contributed by atoms with Crippen molar-refractivity contribution in [3.63, 3.8) is 0 Å². The third kappa shape index (κ3) is 0.0289. The van der Waals surface area contributed by atoms with Crippen LogP contribution >= 0.6 is 0 Å². The molecule has 10 saturated heterocycles. The number of hydrazine groups is 1. The molecular formula is C10H12FeN2. The zero-order valence-electron chi connectivity index (χ0n) is 7.13. The van der Waals surface area contributed by atoms with Crippen LogP contribution in [0.4, 0.5) is 0 Å². The van der Waals surface area contributed by atoms with Gasteiger partial charge in [-0.3, -0.25) is 0 Å². The molecule has 0 amide bonds. The van der Waals surface area contributed by atoms with Crippen LogP contribution in [0, 0.1) is 0 Å². The van der Waals surface area contributed by atoms with Crippen molar-refractivity contribution < 1.29 is 6.51 Å². The Morgan fingerprint density at radius 1 is 0.846 bits per heavy atom. The molecule has 0 radical (unpaired) electrons. The molecule has 4 atom stereocenters. The van der Waals surface area contributed by atoms with Crippen molar-refractivity contribution in [2.45, 2.75) is 47.8 Å². The Bertz CT molecular complexity index is 773. The summed E-state index contributed by atoms with van der Waals surface area (Å²) in [7, 11) is 0. The molecule has 0 aliphatic carbocycles. The Hall–Kier alpha value is 0.439. The van der Waals surface area contributed by atoms with Crippen LogP contribution in [0.1, 0.15) is 0 Å². The van der Waals surface area contributed by atoms with E-state index in [9.17, 15) is 0 Å². The third-order valence-electron chi connectivity index (χ3n) is 14.9. The summed E-state index contributed by atoms with van der Waals surface area (Å²) < 4.78 is 0.763. The first-order valence-electron chi connectivity index (χ1n) is 5.80. The minimum absolute atomic E-state index is 0.763. The maximum absolute atomic E-state index is 5.99. The van der Waals surface area contributed by atoms with Crippen LogP contribution in [0.3, 0.4) is 0 Å². The summed E-state index contributed by atoms with van der Waals surface area (Å²) >= 11 is 0. The van der Waals surface area contributed by atoms with E-state index in [2.05, 4.69) is 5.43 Å². The number of rotatable bonds is 1. The first-order valence-corrected chi connectivity index (χ1v) is 12.1. The number of hydrogen-bond donors (Lipinski definition) is 2. The van der Waals surface area contributed by atoms with Gasteiger partial charge in [0, 0.05) is 0 Å². The zero-order valence-corrected chi connectivity index (χ0v) is 8.23. The van der Waals surface area contributed by atoms with Gasteiger partial charge in [0.05, 0.1) is 0 Å². The average molecular weight is 216 g/mol. The van der Waals surface area contributed by atoms with Gasteiger partial charge >= 0.3 is 65.6 Å². The standard InChI is InChI=1S/C5H7N2.C5H5.Fe/c6-7-5-3-1-2-4-5;1-2-4-5-3-1;/h1-4,7H,6H2;1-5H;. The second-order valence-corrected chi connectivity index (χ2v) is 33.4. The van der Waals surface area contributed by atoms with Crippen molar-refractivity contribution in [3.05, 3.63) is 0 Å². The van der Waals surface area contributed by atoms with Crippen molar-refractivity contribution >= 4 is 0 Å². The number of nitrogens with two attached hydrogens (primary N) is 1. The van der Waals surface area contributed by atoms with Crippen molar-refractivity contribution in [3.8, 4) is 0 Å². The predicted molar refractivity (Wildman–Crippen MR) is 43.8 cm³/mol. The van der Waals surface area contributed by atoms with Crippen LogP contribution in [0.25, 0.3) is 0 Å². The first kappa shape index (κ1) is 4.13. The molecule has 4 unspecified atom stereocenters. The van der Waals surface area contributed by atoms with Gasteiger partial charge in [-0.15, -0.1) is 0 Å². The summed E-state index contributed by atoms with van der Waals surface area (Å²) in [6, 6.07) is 0. The average Bonchev–Trinajstić information content (AvgIpc) is 3.12. The molecule has 0 saturated carbocycles. The molecule has 10 aliphatic heterocycles. The van der Waals surface area contributed by atoms with Crippen molar-refractivity contribution in [1.82, 2.24) is 5.43 Å². The Balaban J connectivity index is 2.08. The summed E-state index contributed by atoms with van der Waals surface area (Å²) in [6.07, 6.45) is 0. The normalized spacial score (nSPS) is 152. The molecule has 0 bridgehead atoms. The molecule has 0 aromatic carbocycles. The Morgan fingerprint density at radius 2 is 1.31 bits per heavy atom. The van der Waals surface area contributed by atoms with E-state index < -0.39 is 6.51 Å². The molecule has 3 N–H and O–H groups in total. The summed E-state index contributed by atoms with van der Waals surface area (Å²) in [6.45, 7) is -2.74. The minimum atomic E-state index is -2.74. The fourth-order valence-electron chi connectivity index (χ4n) is 16.6. The molecule has 10 heterocycles. The second kappa shape index (κ2) is 0.258. The molecule has 0 aromatic heterocycles. The monoisotopic (exact) mass is 216 g/mol. The summed E-state index contributed by atoms with van der Waals surface area (Å²) in [5.74, 6) is 5.99. The van der Waals surface area contributed by atoms with Crippen LogP contribution in [-0.2, 0) is 6.51 Å². The molecular weight excluding hydrogens is 204 g/mol. The summed E-state index contributed by atoms with van der Waals surface area (Å²) in [5, 5.41) is 0.